The number of nitrogens with one attached hydrogen (secondary N) is 1. The number of rotatable bonds is 3. The first-order chi connectivity index (χ1) is 8.00. The lowest BCUT2D eigenvalue weighted by atomic mass is 10.2. The number of carbonyl (C=O) groups excluding carboxylic acids is 1. The maximum atomic E-state index is 11.7. The molecule has 1 fully saturated rings. The van der Waals surface area contributed by atoms with Gasteiger partial charge in [0, 0.05) is 12.0 Å². The van der Waals surface area contributed by atoms with Gasteiger partial charge in [-0.05, 0) is 18.4 Å². The van der Waals surface area contributed by atoms with Gasteiger partial charge in [0.05, 0.1) is 4.92 Å². The van der Waals surface area contributed by atoms with E-state index in [0.717, 1.165) is 6.42 Å². The van der Waals surface area contributed by atoms with Crippen LogP contribution in [0.3, 0.4) is 0 Å². The summed E-state index contributed by atoms with van der Waals surface area (Å²) < 4.78 is 0. The van der Waals surface area contributed by atoms with Crippen molar-refractivity contribution in [2.75, 3.05) is 5.32 Å². The second-order valence-corrected chi connectivity index (χ2v) is 4.24. The van der Waals surface area contributed by atoms with Gasteiger partial charge in [-0.3, -0.25) is 14.9 Å². The van der Waals surface area contributed by atoms with Crippen LogP contribution in [0.15, 0.2) is 18.2 Å². The third kappa shape index (κ3) is 2.20. The van der Waals surface area contributed by atoms with E-state index in [0.29, 0.717) is 5.92 Å². The van der Waals surface area contributed by atoms with Gasteiger partial charge in [0.25, 0.3) is 5.69 Å². The van der Waals surface area contributed by atoms with Gasteiger partial charge in [-0.2, -0.15) is 0 Å². The number of benzene rings is 1. The van der Waals surface area contributed by atoms with Crippen LogP contribution in [-0.4, -0.2) is 15.9 Å². The molecule has 0 bridgehead atoms. The number of phenolic OH excluding ortho intramolecular Hbond substituents is 1. The van der Waals surface area contributed by atoms with Gasteiger partial charge in [0.1, 0.15) is 5.75 Å². The summed E-state index contributed by atoms with van der Waals surface area (Å²) in [6, 6.07) is 3.91. The fourth-order valence-electron chi connectivity index (χ4n) is 1.71. The number of hydrogen-bond donors (Lipinski definition) is 2. The first-order valence-electron chi connectivity index (χ1n) is 5.28. The lowest BCUT2D eigenvalue weighted by Gasteiger charge is -2.07. The molecule has 0 heterocycles. The van der Waals surface area contributed by atoms with Crippen molar-refractivity contribution in [2.45, 2.75) is 13.3 Å². The van der Waals surface area contributed by atoms with E-state index in [1.807, 2.05) is 6.92 Å². The third-order valence-corrected chi connectivity index (χ3v) is 2.91. The van der Waals surface area contributed by atoms with Crippen molar-refractivity contribution >= 4 is 17.3 Å². The Morgan fingerprint density at radius 2 is 2.24 bits per heavy atom. The number of aromatic hydroxyl groups is 1. The van der Waals surface area contributed by atoms with Crippen molar-refractivity contribution in [3.05, 3.63) is 28.3 Å². The van der Waals surface area contributed by atoms with Crippen LogP contribution in [0.2, 0.25) is 0 Å². The van der Waals surface area contributed by atoms with Gasteiger partial charge in [0.2, 0.25) is 5.91 Å². The average molecular weight is 236 g/mol. The molecule has 0 aliphatic heterocycles. The van der Waals surface area contributed by atoms with E-state index >= 15 is 0 Å². The quantitative estimate of drug-likeness (QED) is 0.476. The molecule has 1 aromatic rings. The molecule has 2 atom stereocenters. The van der Waals surface area contributed by atoms with Gasteiger partial charge in [-0.15, -0.1) is 0 Å². The first kappa shape index (κ1) is 11.4. The molecule has 1 aromatic carbocycles. The van der Waals surface area contributed by atoms with Gasteiger partial charge in [-0.1, -0.05) is 13.0 Å². The Balaban J connectivity index is 2.25. The lowest BCUT2D eigenvalue weighted by Crippen LogP contribution is -2.15. The number of nitro groups is 1. The highest BCUT2D eigenvalue weighted by atomic mass is 16.6. The van der Waals surface area contributed by atoms with Crippen molar-refractivity contribution in [2.24, 2.45) is 11.8 Å². The predicted octanol–water partition coefficient (Wildman–Crippen LogP) is 1.89. The van der Waals surface area contributed by atoms with E-state index in [1.165, 1.54) is 18.2 Å². The summed E-state index contributed by atoms with van der Waals surface area (Å²) in [5, 5.41) is 22.7. The molecule has 2 unspecified atom stereocenters. The Hall–Kier alpha value is -2.11. The summed E-state index contributed by atoms with van der Waals surface area (Å²) in [7, 11) is 0. The minimum atomic E-state index is -0.633. The fourth-order valence-corrected chi connectivity index (χ4v) is 1.71. The van der Waals surface area contributed by atoms with E-state index in [1.54, 1.807) is 0 Å². The van der Waals surface area contributed by atoms with Crippen molar-refractivity contribution in [3.8, 4) is 5.75 Å². The molecule has 1 saturated carbocycles. The number of amides is 1. The maximum Gasteiger partial charge on any atom is 0.296 e. The zero-order valence-electron chi connectivity index (χ0n) is 9.21. The Labute approximate surface area is 97.4 Å². The molecule has 17 heavy (non-hydrogen) atoms. The molecular formula is C11H12N2O4. The summed E-state index contributed by atoms with van der Waals surface area (Å²) in [4.78, 5) is 21.8. The molecule has 6 heteroatoms. The van der Waals surface area contributed by atoms with Crippen LogP contribution >= 0.6 is 0 Å². The van der Waals surface area contributed by atoms with E-state index < -0.39 is 4.92 Å². The van der Waals surface area contributed by atoms with Crippen LogP contribution in [0.4, 0.5) is 11.4 Å². The molecule has 2 rings (SSSR count). The summed E-state index contributed by atoms with van der Waals surface area (Å²) in [5.41, 5.74) is -0.423. The fraction of sp³-hybridized carbons (Fsp3) is 0.364. The highest BCUT2D eigenvalue weighted by molar-refractivity contribution is 5.97. The first-order valence-corrected chi connectivity index (χ1v) is 5.28. The van der Waals surface area contributed by atoms with Crippen LogP contribution in [-0.2, 0) is 4.79 Å². The molecule has 1 aliphatic rings. The number of nitrogens with zero attached hydrogens (tertiary/aromatic N) is 1. The van der Waals surface area contributed by atoms with Crippen LogP contribution in [0, 0.1) is 22.0 Å². The topological polar surface area (TPSA) is 92.5 Å². The summed E-state index contributed by atoms with van der Waals surface area (Å²) in [5.74, 6) is -0.364. The molecule has 0 radical (unpaired) electrons. The highest BCUT2D eigenvalue weighted by Gasteiger charge is 2.40. The number of nitro benzene ring substituents is 1. The Morgan fingerprint density at radius 3 is 2.76 bits per heavy atom. The smallest absolute Gasteiger partial charge is 0.296 e. The van der Waals surface area contributed by atoms with Crippen molar-refractivity contribution in [1.29, 1.82) is 0 Å². The van der Waals surface area contributed by atoms with Crippen molar-refractivity contribution < 1.29 is 14.8 Å². The molecular weight excluding hydrogens is 224 g/mol. The highest BCUT2D eigenvalue weighted by Crippen LogP contribution is 2.40. The molecule has 0 aromatic heterocycles. The SMILES string of the molecule is CC1CC1C(=O)Nc1c(O)cccc1[N+](=O)[O-]. The Bertz CT molecular complexity index is 486. The van der Waals surface area contributed by atoms with Crippen molar-refractivity contribution in [1.82, 2.24) is 0 Å². The number of carbonyl (C=O) groups is 1. The molecule has 2 N–H and O–H groups in total. The van der Waals surface area contributed by atoms with E-state index in [2.05, 4.69) is 5.32 Å². The maximum absolute atomic E-state index is 11.7. The van der Waals surface area contributed by atoms with Crippen LogP contribution in [0.5, 0.6) is 5.75 Å². The molecule has 90 valence electrons. The molecule has 1 amide bonds. The summed E-state index contributed by atoms with van der Waals surface area (Å²) in [6.45, 7) is 1.93. The third-order valence-electron chi connectivity index (χ3n) is 2.91. The summed E-state index contributed by atoms with van der Waals surface area (Å²) in [6.07, 6.45) is 0.785. The largest absolute Gasteiger partial charge is 0.505 e. The predicted molar refractivity (Wildman–Crippen MR) is 60.7 cm³/mol. The zero-order valence-corrected chi connectivity index (χ0v) is 9.21. The molecule has 6 nitrogen and oxygen atoms in total. The van der Waals surface area contributed by atoms with E-state index in [-0.39, 0.29) is 28.9 Å². The van der Waals surface area contributed by atoms with Crippen LogP contribution in [0.25, 0.3) is 0 Å². The van der Waals surface area contributed by atoms with Gasteiger partial charge < -0.3 is 10.4 Å². The Kier molecular flexibility index (Phi) is 2.71. The van der Waals surface area contributed by atoms with Gasteiger partial charge in [0.15, 0.2) is 5.69 Å². The number of phenols is 1. The lowest BCUT2D eigenvalue weighted by molar-refractivity contribution is -0.384. The summed E-state index contributed by atoms with van der Waals surface area (Å²) >= 11 is 0. The average Bonchev–Trinajstić information content (AvgIpc) is 2.98. The molecule has 0 saturated heterocycles. The zero-order chi connectivity index (χ0) is 12.6. The second-order valence-electron chi connectivity index (χ2n) is 4.24. The van der Waals surface area contributed by atoms with Crippen molar-refractivity contribution in [3.63, 3.8) is 0 Å². The minimum Gasteiger partial charge on any atom is -0.505 e. The standard InChI is InChI=1S/C11H12N2O4/c1-6-5-7(6)11(15)12-10-8(13(16)17)3-2-4-9(10)14/h2-4,6-7,14H,5H2,1H3,(H,12,15). The normalized spacial score (nSPS) is 21.9. The van der Waals surface area contributed by atoms with Gasteiger partial charge in [-0.25, -0.2) is 0 Å². The Morgan fingerprint density at radius 1 is 1.59 bits per heavy atom. The monoisotopic (exact) mass is 236 g/mol. The van der Waals surface area contributed by atoms with Gasteiger partial charge >= 0.3 is 0 Å². The molecule has 0 spiro atoms. The minimum absolute atomic E-state index is 0.103. The number of hydrogen-bond acceptors (Lipinski definition) is 4. The van der Waals surface area contributed by atoms with E-state index in [9.17, 15) is 20.0 Å². The second kappa shape index (κ2) is 4.04. The van der Waals surface area contributed by atoms with E-state index in [4.69, 9.17) is 0 Å². The van der Waals surface area contributed by atoms with Crippen LogP contribution in [0.1, 0.15) is 13.3 Å². The number of para-hydroxylation sites is 1. The molecule has 1 aliphatic carbocycles. The number of anilines is 1. The van der Waals surface area contributed by atoms with Crippen LogP contribution < -0.4 is 5.32 Å².